The average molecular weight is 304 g/mol. The van der Waals surface area contributed by atoms with Crippen LogP contribution < -0.4 is 0 Å². The summed E-state index contributed by atoms with van der Waals surface area (Å²) in [7, 11) is 1.62. The fourth-order valence-electron chi connectivity index (χ4n) is 2.11. The van der Waals surface area contributed by atoms with Crippen molar-refractivity contribution in [2.45, 2.75) is 11.8 Å². The number of likely N-dealkylation sites (N-methyl/N-ethyl adjacent to an activating group) is 1. The van der Waals surface area contributed by atoms with Crippen LogP contribution in [0, 0.1) is 0 Å². The highest BCUT2D eigenvalue weighted by molar-refractivity contribution is 7.89. The molecule has 0 fully saturated rings. The number of sulfonamides is 1. The molecule has 1 aromatic rings. The predicted molar refractivity (Wildman–Crippen MR) is 86.0 cm³/mol. The van der Waals surface area contributed by atoms with Crippen molar-refractivity contribution in [3.63, 3.8) is 0 Å². The van der Waals surface area contributed by atoms with E-state index in [2.05, 4.69) is 12.7 Å². The molecule has 21 heavy (non-hydrogen) atoms. The molecule has 4 nitrogen and oxygen atoms in total. The van der Waals surface area contributed by atoms with Gasteiger partial charge in [0.2, 0.25) is 10.0 Å². The smallest absolute Gasteiger partial charge is 0.242 e. The van der Waals surface area contributed by atoms with E-state index >= 15 is 0 Å². The van der Waals surface area contributed by atoms with Gasteiger partial charge in [-0.3, -0.25) is 0 Å². The lowest BCUT2D eigenvalue weighted by molar-refractivity contribution is 0.521. The highest BCUT2D eigenvalue weighted by Gasteiger charge is 2.17. The van der Waals surface area contributed by atoms with Gasteiger partial charge in [-0.25, -0.2) is 12.7 Å². The summed E-state index contributed by atoms with van der Waals surface area (Å²) in [6.45, 7) is 6.01. The molecule has 0 atom stereocenters. The van der Waals surface area contributed by atoms with Gasteiger partial charge in [-0.15, -0.1) is 0 Å². The van der Waals surface area contributed by atoms with Gasteiger partial charge in [-0.05, 0) is 41.8 Å². The van der Waals surface area contributed by atoms with Crippen LogP contribution in [-0.2, 0) is 10.0 Å². The van der Waals surface area contributed by atoms with Gasteiger partial charge in [0.05, 0.1) is 4.90 Å². The van der Waals surface area contributed by atoms with Crippen LogP contribution in [-0.4, -0.2) is 38.8 Å². The van der Waals surface area contributed by atoms with Crippen molar-refractivity contribution < 1.29 is 8.42 Å². The molecule has 0 N–H and O–H groups in total. The molecule has 1 aliphatic heterocycles. The lowest BCUT2D eigenvalue weighted by atomic mass is 10.0. The number of benzene rings is 1. The number of hydrogen-bond donors (Lipinski definition) is 0. The van der Waals surface area contributed by atoms with Gasteiger partial charge in [-0.1, -0.05) is 18.7 Å². The van der Waals surface area contributed by atoms with Crippen molar-refractivity contribution >= 4 is 15.6 Å². The standard InChI is InChI=1S/C16H20N2O2S/c1-12-10-15(11-18(5)13(12)2)14-6-8-16(9-7-14)21(19,20)17(3)4/h6-11H,2H2,1,3-5H3. The number of allylic oxidation sites excluding steroid dienone is 3. The Morgan fingerprint density at radius 2 is 1.71 bits per heavy atom. The molecule has 0 aliphatic carbocycles. The van der Waals surface area contributed by atoms with Gasteiger partial charge >= 0.3 is 0 Å². The first-order valence-electron chi connectivity index (χ1n) is 6.58. The van der Waals surface area contributed by atoms with Gasteiger partial charge in [0.1, 0.15) is 0 Å². The Hall–Kier alpha value is -1.85. The molecule has 0 aromatic heterocycles. The minimum absolute atomic E-state index is 0.297. The molecule has 5 heteroatoms. The predicted octanol–water partition coefficient (Wildman–Crippen LogP) is 2.68. The lowest BCUT2D eigenvalue weighted by Gasteiger charge is -2.24. The molecule has 0 bridgehead atoms. The van der Waals surface area contributed by atoms with Gasteiger partial charge in [0, 0.05) is 33.0 Å². The van der Waals surface area contributed by atoms with E-state index in [4.69, 9.17) is 0 Å². The fourth-order valence-corrected chi connectivity index (χ4v) is 3.01. The molecule has 0 unspecified atom stereocenters. The molecule has 0 spiro atoms. The van der Waals surface area contributed by atoms with E-state index in [0.717, 1.165) is 22.4 Å². The number of rotatable bonds is 3. The summed E-state index contributed by atoms with van der Waals surface area (Å²) < 4.78 is 25.3. The molecule has 0 radical (unpaired) electrons. The minimum atomic E-state index is -3.38. The summed E-state index contributed by atoms with van der Waals surface area (Å²) in [6.07, 6.45) is 4.04. The van der Waals surface area contributed by atoms with Gasteiger partial charge < -0.3 is 4.90 Å². The topological polar surface area (TPSA) is 40.6 Å². The Morgan fingerprint density at radius 1 is 1.14 bits per heavy atom. The molecule has 0 amide bonds. The van der Waals surface area contributed by atoms with Gasteiger partial charge in [0.15, 0.2) is 0 Å². The normalized spacial score (nSPS) is 16.0. The van der Waals surface area contributed by atoms with E-state index in [1.54, 1.807) is 12.1 Å². The van der Waals surface area contributed by atoms with E-state index in [1.165, 1.54) is 18.4 Å². The van der Waals surface area contributed by atoms with Crippen molar-refractivity contribution in [2.75, 3.05) is 21.1 Å². The highest BCUT2D eigenvalue weighted by Crippen LogP contribution is 2.28. The third kappa shape index (κ3) is 2.94. The lowest BCUT2D eigenvalue weighted by Crippen LogP contribution is -2.22. The van der Waals surface area contributed by atoms with Crippen molar-refractivity contribution in [1.82, 2.24) is 9.21 Å². The zero-order valence-electron chi connectivity index (χ0n) is 12.8. The SMILES string of the molecule is C=C1C(C)=CC(c2ccc(S(=O)(=O)N(C)C)cc2)=CN1C. The Bertz CT molecular complexity index is 726. The van der Waals surface area contributed by atoms with E-state index in [1.807, 2.05) is 37.2 Å². The Balaban J connectivity index is 2.37. The summed E-state index contributed by atoms with van der Waals surface area (Å²) in [5, 5.41) is 0. The van der Waals surface area contributed by atoms with Crippen LogP contribution in [0.2, 0.25) is 0 Å². The monoisotopic (exact) mass is 304 g/mol. The Kier molecular flexibility index (Phi) is 4.07. The second-order valence-corrected chi connectivity index (χ2v) is 7.43. The average Bonchev–Trinajstić information content (AvgIpc) is 2.44. The summed E-state index contributed by atoms with van der Waals surface area (Å²) in [6, 6.07) is 6.93. The molecule has 1 aromatic carbocycles. The third-order valence-corrected chi connectivity index (χ3v) is 5.38. The third-order valence-electron chi connectivity index (χ3n) is 3.55. The summed E-state index contributed by atoms with van der Waals surface area (Å²) >= 11 is 0. The second-order valence-electron chi connectivity index (χ2n) is 5.28. The maximum Gasteiger partial charge on any atom is 0.242 e. The van der Waals surface area contributed by atoms with Crippen LogP contribution in [0.1, 0.15) is 12.5 Å². The molecular formula is C16H20N2O2S. The minimum Gasteiger partial charge on any atom is -0.351 e. The first-order chi connectivity index (χ1) is 9.73. The molecule has 0 saturated heterocycles. The Morgan fingerprint density at radius 3 is 2.19 bits per heavy atom. The highest BCUT2D eigenvalue weighted by atomic mass is 32.2. The zero-order valence-corrected chi connectivity index (χ0v) is 13.6. The van der Waals surface area contributed by atoms with Crippen LogP contribution in [0.4, 0.5) is 0 Å². The first kappa shape index (κ1) is 15.5. The summed E-state index contributed by atoms with van der Waals surface area (Å²) in [5.74, 6) is 0. The Labute approximate surface area is 126 Å². The van der Waals surface area contributed by atoms with Crippen molar-refractivity contribution in [2.24, 2.45) is 0 Å². The van der Waals surface area contributed by atoms with E-state index in [9.17, 15) is 8.42 Å². The molecular weight excluding hydrogens is 284 g/mol. The van der Waals surface area contributed by atoms with Crippen molar-refractivity contribution in [3.8, 4) is 0 Å². The second kappa shape index (κ2) is 5.50. The molecule has 112 valence electrons. The molecule has 0 saturated carbocycles. The van der Waals surface area contributed by atoms with E-state index in [-0.39, 0.29) is 0 Å². The summed E-state index contributed by atoms with van der Waals surface area (Å²) in [4.78, 5) is 2.26. The van der Waals surface area contributed by atoms with E-state index in [0.29, 0.717) is 4.90 Å². The summed E-state index contributed by atoms with van der Waals surface area (Å²) in [5.41, 5.74) is 4.08. The maximum absolute atomic E-state index is 12.0. The van der Waals surface area contributed by atoms with Gasteiger partial charge in [0.25, 0.3) is 0 Å². The maximum atomic E-state index is 12.0. The quantitative estimate of drug-likeness (QED) is 0.862. The van der Waals surface area contributed by atoms with Crippen molar-refractivity contribution in [1.29, 1.82) is 0 Å². The van der Waals surface area contributed by atoms with E-state index < -0.39 is 10.0 Å². The molecule has 1 aliphatic rings. The van der Waals surface area contributed by atoms with Crippen LogP contribution in [0.5, 0.6) is 0 Å². The zero-order chi connectivity index (χ0) is 15.8. The largest absolute Gasteiger partial charge is 0.351 e. The van der Waals surface area contributed by atoms with Crippen molar-refractivity contribution in [3.05, 3.63) is 60.0 Å². The van der Waals surface area contributed by atoms with Crippen LogP contribution in [0.15, 0.2) is 59.3 Å². The first-order valence-corrected chi connectivity index (χ1v) is 8.02. The fraction of sp³-hybridized carbons (Fsp3) is 0.250. The molecule has 1 heterocycles. The number of nitrogens with zero attached hydrogens (tertiary/aromatic N) is 2. The van der Waals surface area contributed by atoms with Crippen LogP contribution >= 0.6 is 0 Å². The van der Waals surface area contributed by atoms with Crippen LogP contribution in [0.25, 0.3) is 5.57 Å². The van der Waals surface area contributed by atoms with Gasteiger partial charge in [-0.2, -0.15) is 0 Å². The molecule has 2 rings (SSSR count). The number of hydrogen-bond acceptors (Lipinski definition) is 3. The van der Waals surface area contributed by atoms with Crippen LogP contribution in [0.3, 0.4) is 0 Å².